The van der Waals surface area contributed by atoms with Crippen LogP contribution in [-0.4, -0.2) is 54.6 Å². The molecule has 0 aliphatic carbocycles. The molecular formula is C21H28ClN3O3. The molecule has 28 heavy (non-hydrogen) atoms. The topological polar surface area (TPSA) is 61.9 Å². The Morgan fingerprint density at radius 3 is 2.64 bits per heavy atom. The van der Waals surface area contributed by atoms with Crippen LogP contribution in [0.25, 0.3) is 0 Å². The van der Waals surface area contributed by atoms with E-state index in [1.54, 1.807) is 31.0 Å². The second-order valence-corrected chi connectivity index (χ2v) is 7.83. The average molecular weight is 406 g/mol. The van der Waals surface area contributed by atoms with Gasteiger partial charge < -0.3 is 10.1 Å². The van der Waals surface area contributed by atoms with Crippen molar-refractivity contribution in [2.75, 3.05) is 26.7 Å². The summed E-state index contributed by atoms with van der Waals surface area (Å²) in [6, 6.07) is 6.81. The summed E-state index contributed by atoms with van der Waals surface area (Å²) in [7, 11) is 1.70. The molecule has 0 aromatic heterocycles. The molecule has 152 valence electrons. The van der Waals surface area contributed by atoms with Crippen molar-refractivity contribution < 1.29 is 14.3 Å². The van der Waals surface area contributed by atoms with Gasteiger partial charge in [0.15, 0.2) is 0 Å². The maximum Gasteiger partial charge on any atom is 0.338 e. The van der Waals surface area contributed by atoms with Crippen LogP contribution in [0, 0.1) is 0 Å². The molecule has 2 amide bonds. The Balaban J connectivity index is 2.05. The lowest BCUT2D eigenvalue weighted by molar-refractivity contribution is -0.139. The van der Waals surface area contributed by atoms with Crippen LogP contribution in [0.5, 0.6) is 0 Å². The molecule has 1 fully saturated rings. The predicted molar refractivity (Wildman–Crippen MR) is 109 cm³/mol. The quantitative estimate of drug-likeness (QED) is 0.758. The Bertz CT molecular complexity index is 763. The van der Waals surface area contributed by atoms with E-state index in [-0.39, 0.29) is 12.6 Å². The molecule has 0 radical (unpaired) electrons. The summed E-state index contributed by atoms with van der Waals surface area (Å²) in [6.07, 6.45) is 3.46. The molecule has 2 aliphatic rings. The molecule has 1 aromatic rings. The van der Waals surface area contributed by atoms with Crippen molar-refractivity contribution in [3.05, 3.63) is 46.1 Å². The third-order valence-corrected chi connectivity index (χ3v) is 5.82. The normalized spacial score (nSPS) is 23.6. The Kier molecular flexibility index (Phi) is 6.62. The number of halogens is 1. The van der Waals surface area contributed by atoms with Gasteiger partial charge in [-0.2, -0.15) is 0 Å². The van der Waals surface area contributed by atoms with E-state index in [9.17, 15) is 9.59 Å². The van der Waals surface area contributed by atoms with Crippen LogP contribution in [0.2, 0.25) is 5.02 Å². The van der Waals surface area contributed by atoms with Crippen LogP contribution in [0.3, 0.4) is 0 Å². The van der Waals surface area contributed by atoms with E-state index in [1.165, 1.54) is 6.42 Å². The number of hydrogen-bond acceptors (Lipinski definition) is 4. The number of rotatable bonds is 5. The third kappa shape index (κ3) is 4.33. The summed E-state index contributed by atoms with van der Waals surface area (Å²) >= 11 is 6.02. The lowest BCUT2D eigenvalue weighted by atomic mass is 9.93. The largest absolute Gasteiger partial charge is 0.463 e. The molecule has 2 atom stereocenters. The van der Waals surface area contributed by atoms with E-state index in [4.69, 9.17) is 16.3 Å². The van der Waals surface area contributed by atoms with Crippen molar-refractivity contribution in [1.29, 1.82) is 0 Å². The predicted octanol–water partition coefficient (Wildman–Crippen LogP) is 3.73. The molecule has 1 saturated heterocycles. The molecule has 0 saturated carbocycles. The number of carbonyl (C=O) groups is 2. The highest BCUT2D eigenvalue weighted by Crippen LogP contribution is 2.32. The lowest BCUT2D eigenvalue weighted by Crippen LogP contribution is -2.50. The lowest BCUT2D eigenvalue weighted by Gasteiger charge is -2.39. The van der Waals surface area contributed by atoms with Crippen molar-refractivity contribution in [2.24, 2.45) is 0 Å². The molecule has 2 aliphatic heterocycles. The smallest absolute Gasteiger partial charge is 0.338 e. The second-order valence-electron chi connectivity index (χ2n) is 7.39. The fraction of sp³-hybridized carbons (Fsp3) is 0.524. The SMILES string of the molecule is CCOC(=O)C1=C(CN2CCCCC2C)N(C)C(=O)NC1c1ccc(Cl)cc1. The van der Waals surface area contributed by atoms with Gasteiger partial charge in [0, 0.05) is 30.4 Å². The molecule has 6 nitrogen and oxygen atoms in total. The van der Waals surface area contributed by atoms with Crippen molar-refractivity contribution in [3.63, 3.8) is 0 Å². The zero-order chi connectivity index (χ0) is 20.3. The summed E-state index contributed by atoms with van der Waals surface area (Å²) in [5.74, 6) is -0.394. The standard InChI is InChI=1S/C21H28ClN3O3/c1-4-28-20(26)18-17(13-25-12-6-5-7-14(25)2)24(3)21(27)23-19(18)15-8-10-16(22)11-9-15/h8-11,14,19H,4-7,12-13H2,1-3H3,(H,23,27). The van der Waals surface area contributed by atoms with E-state index in [1.807, 2.05) is 12.1 Å². The highest BCUT2D eigenvalue weighted by atomic mass is 35.5. The van der Waals surface area contributed by atoms with Crippen LogP contribution in [0.1, 0.15) is 44.7 Å². The molecule has 0 spiro atoms. The number of piperidine rings is 1. The summed E-state index contributed by atoms with van der Waals surface area (Å²) in [5.41, 5.74) is 2.00. The third-order valence-electron chi connectivity index (χ3n) is 5.57. The number of nitrogens with one attached hydrogen (secondary N) is 1. The van der Waals surface area contributed by atoms with Gasteiger partial charge in [-0.05, 0) is 50.9 Å². The first-order valence-corrected chi connectivity index (χ1v) is 10.2. The summed E-state index contributed by atoms with van der Waals surface area (Å²) in [6.45, 7) is 5.77. The molecule has 7 heteroatoms. The molecule has 2 heterocycles. The Morgan fingerprint density at radius 1 is 1.29 bits per heavy atom. The Morgan fingerprint density at radius 2 is 2.00 bits per heavy atom. The number of ether oxygens (including phenoxy) is 1. The highest BCUT2D eigenvalue weighted by molar-refractivity contribution is 6.30. The first-order chi connectivity index (χ1) is 13.4. The van der Waals surface area contributed by atoms with E-state index < -0.39 is 12.0 Å². The number of likely N-dealkylation sites (tertiary alicyclic amines) is 1. The maximum absolute atomic E-state index is 12.9. The van der Waals surface area contributed by atoms with Crippen LogP contribution in [0.15, 0.2) is 35.5 Å². The monoisotopic (exact) mass is 405 g/mol. The highest BCUT2D eigenvalue weighted by Gasteiger charge is 2.37. The minimum absolute atomic E-state index is 0.229. The number of esters is 1. The Hall–Kier alpha value is -2.05. The van der Waals surface area contributed by atoms with E-state index in [0.29, 0.717) is 28.9 Å². The number of nitrogens with zero attached hydrogens (tertiary/aromatic N) is 2. The van der Waals surface area contributed by atoms with Gasteiger partial charge in [0.05, 0.1) is 18.2 Å². The van der Waals surface area contributed by atoms with Gasteiger partial charge in [-0.15, -0.1) is 0 Å². The van der Waals surface area contributed by atoms with Gasteiger partial charge >= 0.3 is 12.0 Å². The number of urea groups is 1. The summed E-state index contributed by atoms with van der Waals surface area (Å²) < 4.78 is 5.37. The van der Waals surface area contributed by atoms with Crippen LogP contribution < -0.4 is 5.32 Å². The van der Waals surface area contributed by atoms with E-state index in [0.717, 1.165) is 24.9 Å². The van der Waals surface area contributed by atoms with Crippen LogP contribution in [-0.2, 0) is 9.53 Å². The van der Waals surface area contributed by atoms with Crippen molar-refractivity contribution >= 4 is 23.6 Å². The molecule has 3 rings (SSSR count). The van der Waals surface area contributed by atoms with Gasteiger partial charge in [0.2, 0.25) is 0 Å². The summed E-state index contributed by atoms with van der Waals surface area (Å²) in [5, 5.41) is 3.54. The number of amides is 2. The summed E-state index contributed by atoms with van der Waals surface area (Å²) in [4.78, 5) is 29.5. The number of benzene rings is 1. The number of likely N-dealkylation sites (N-methyl/N-ethyl adjacent to an activating group) is 1. The second kappa shape index (κ2) is 8.97. The van der Waals surface area contributed by atoms with Crippen LogP contribution >= 0.6 is 11.6 Å². The molecule has 2 unspecified atom stereocenters. The molecule has 0 bridgehead atoms. The van der Waals surface area contributed by atoms with Crippen LogP contribution in [0.4, 0.5) is 4.79 Å². The Labute approximate surface area is 171 Å². The van der Waals surface area contributed by atoms with Crippen molar-refractivity contribution in [2.45, 2.75) is 45.2 Å². The zero-order valence-corrected chi connectivity index (χ0v) is 17.5. The molecular weight excluding hydrogens is 378 g/mol. The van der Waals surface area contributed by atoms with Gasteiger partial charge in [-0.3, -0.25) is 9.80 Å². The maximum atomic E-state index is 12.9. The van der Waals surface area contributed by atoms with E-state index >= 15 is 0 Å². The first-order valence-electron chi connectivity index (χ1n) is 9.86. The fourth-order valence-electron chi connectivity index (χ4n) is 3.89. The minimum Gasteiger partial charge on any atom is -0.463 e. The van der Waals surface area contributed by atoms with E-state index in [2.05, 4.69) is 17.1 Å². The van der Waals surface area contributed by atoms with Gasteiger partial charge in [0.1, 0.15) is 0 Å². The molecule has 1 aromatic carbocycles. The fourth-order valence-corrected chi connectivity index (χ4v) is 4.01. The van der Waals surface area contributed by atoms with Gasteiger partial charge in [0.25, 0.3) is 0 Å². The molecule has 1 N–H and O–H groups in total. The zero-order valence-electron chi connectivity index (χ0n) is 16.7. The minimum atomic E-state index is -0.560. The number of carbonyl (C=O) groups excluding carboxylic acids is 2. The van der Waals surface area contributed by atoms with Crippen molar-refractivity contribution in [3.8, 4) is 0 Å². The number of hydrogen-bond donors (Lipinski definition) is 1. The van der Waals surface area contributed by atoms with Gasteiger partial charge in [-0.25, -0.2) is 9.59 Å². The van der Waals surface area contributed by atoms with Crippen molar-refractivity contribution in [1.82, 2.24) is 15.1 Å². The first kappa shape index (κ1) is 20.7. The van der Waals surface area contributed by atoms with Gasteiger partial charge in [-0.1, -0.05) is 30.2 Å². The average Bonchev–Trinajstić information content (AvgIpc) is 2.67.